The molecule has 1 aromatic carbocycles. The van der Waals surface area contributed by atoms with Crippen molar-refractivity contribution in [2.45, 2.75) is 58.0 Å². The van der Waals surface area contributed by atoms with Gasteiger partial charge >= 0.3 is 5.97 Å². The molecule has 4 aliphatic rings. The Morgan fingerprint density at radius 1 is 1.24 bits per heavy atom. The van der Waals surface area contributed by atoms with Gasteiger partial charge in [0.25, 0.3) is 0 Å². The third-order valence-corrected chi connectivity index (χ3v) is 10.2. The molecule has 6 nitrogen and oxygen atoms in total. The van der Waals surface area contributed by atoms with E-state index in [1.54, 1.807) is 37.3 Å². The second-order valence-electron chi connectivity index (χ2n) is 11.3. The van der Waals surface area contributed by atoms with Gasteiger partial charge in [-0.1, -0.05) is 45.1 Å². The topological polar surface area (TPSA) is 107 Å². The van der Waals surface area contributed by atoms with Crippen LogP contribution in [0.3, 0.4) is 0 Å². The minimum atomic E-state index is -2.03. The molecule has 184 valence electrons. The Morgan fingerprint density at radius 2 is 1.91 bits per heavy atom. The predicted molar refractivity (Wildman–Crippen MR) is 130 cm³/mol. The highest BCUT2D eigenvalue weighted by atomic mass is 79.9. The third kappa shape index (κ3) is 2.91. The van der Waals surface area contributed by atoms with Gasteiger partial charge in [0.05, 0.1) is 23.7 Å². The molecule has 0 radical (unpaired) electrons. The van der Waals surface area contributed by atoms with Gasteiger partial charge in [-0.2, -0.15) is 0 Å². The number of carbonyl (C=O) groups excluding carboxylic acids is 1. The molecule has 9 atom stereocenters. The molecular weight excluding hydrogens is 500 g/mol. The van der Waals surface area contributed by atoms with Crippen molar-refractivity contribution in [2.75, 3.05) is 6.61 Å². The van der Waals surface area contributed by atoms with Crippen LogP contribution < -0.4 is 0 Å². The van der Waals surface area contributed by atoms with Gasteiger partial charge in [-0.25, -0.2) is 4.79 Å². The Bertz CT molecular complexity index is 1090. The quantitative estimate of drug-likeness (QED) is 0.351. The summed E-state index contributed by atoms with van der Waals surface area (Å²) < 4.78 is 6.48. The average molecular weight is 533 g/mol. The average Bonchev–Trinajstić information content (AvgIpc) is 3.28. The number of hydrogen-bond acceptors (Lipinski definition) is 6. The van der Waals surface area contributed by atoms with Gasteiger partial charge in [0, 0.05) is 10.4 Å². The number of aliphatic hydroxyl groups excluding tert-OH is 3. The van der Waals surface area contributed by atoms with Crippen LogP contribution in [-0.2, 0) is 4.74 Å². The van der Waals surface area contributed by atoms with E-state index in [4.69, 9.17) is 4.74 Å². The molecule has 2 unspecified atom stereocenters. The molecule has 34 heavy (non-hydrogen) atoms. The largest absolute Gasteiger partial charge is 0.451 e. The summed E-state index contributed by atoms with van der Waals surface area (Å²) in [5, 5.41) is 46.2. The lowest BCUT2D eigenvalue weighted by molar-refractivity contribution is -0.215. The van der Waals surface area contributed by atoms with E-state index < -0.39 is 41.9 Å². The van der Waals surface area contributed by atoms with E-state index in [0.29, 0.717) is 21.5 Å². The molecule has 0 saturated heterocycles. The Labute approximate surface area is 208 Å². The predicted octanol–water partition coefficient (Wildman–Crippen LogP) is 3.23. The van der Waals surface area contributed by atoms with E-state index in [1.165, 1.54) is 0 Å². The standard InChI is InChI=1S/C27H33BrO6/c1-13-11-26-14(2)9-18-20(25(18,3)4)17(22(26)31)10-15(12-29)21(30)27(26,33)23(13)34-24(32)16-7-5-6-8-19(16)28/h5-8,10-11,14,17-18,20-23,29-31,33H,9,12H2,1-4H3/t14-,17+,18-,20+,21-,22?,23+,26?,27+/m1/s1. The number of hydrogen-bond donors (Lipinski definition) is 4. The van der Waals surface area contributed by atoms with E-state index in [1.807, 2.05) is 13.0 Å². The zero-order valence-electron chi connectivity index (χ0n) is 19.9. The first-order chi connectivity index (χ1) is 15.9. The van der Waals surface area contributed by atoms with Crippen molar-refractivity contribution in [3.8, 4) is 0 Å². The molecule has 1 spiro atoms. The molecule has 4 aliphatic carbocycles. The van der Waals surface area contributed by atoms with Gasteiger partial charge in [-0.3, -0.25) is 0 Å². The van der Waals surface area contributed by atoms with Crippen molar-refractivity contribution in [1.82, 2.24) is 0 Å². The van der Waals surface area contributed by atoms with Crippen LogP contribution in [0.25, 0.3) is 0 Å². The van der Waals surface area contributed by atoms with Gasteiger partial charge in [0.1, 0.15) is 11.7 Å². The maximum absolute atomic E-state index is 13.2. The Morgan fingerprint density at radius 3 is 2.56 bits per heavy atom. The maximum Gasteiger partial charge on any atom is 0.339 e. The van der Waals surface area contributed by atoms with Gasteiger partial charge in [0.15, 0.2) is 6.10 Å². The van der Waals surface area contributed by atoms with Crippen molar-refractivity contribution in [3.05, 3.63) is 57.6 Å². The van der Waals surface area contributed by atoms with E-state index in [9.17, 15) is 25.2 Å². The molecule has 1 aromatic rings. The summed E-state index contributed by atoms with van der Waals surface area (Å²) in [5.74, 6) is -0.644. The van der Waals surface area contributed by atoms with Crippen LogP contribution in [-0.4, -0.2) is 56.9 Å². The molecule has 0 amide bonds. The fourth-order valence-corrected chi connectivity index (χ4v) is 8.15. The number of aliphatic hydroxyl groups is 4. The van der Waals surface area contributed by atoms with Crippen LogP contribution in [0.4, 0.5) is 0 Å². The fourth-order valence-electron chi connectivity index (χ4n) is 7.70. The highest BCUT2D eigenvalue weighted by molar-refractivity contribution is 9.10. The van der Waals surface area contributed by atoms with Crippen LogP contribution in [0.1, 0.15) is 44.5 Å². The number of ether oxygens (including phenoxy) is 1. The van der Waals surface area contributed by atoms with Crippen molar-refractivity contribution in [1.29, 1.82) is 0 Å². The zero-order chi connectivity index (χ0) is 24.8. The maximum atomic E-state index is 13.2. The lowest BCUT2D eigenvalue weighted by Gasteiger charge is -2.52. The molecular formula is C27H33BrO6. The van der Waals surface area contributed by atoms with Crippen LogP contribution in [0.15, 0.2) is 52.0 Å². The zero-order valence-corrected chi connectivity index (χ0v) is 21.5. The van der Waals surface area contributed by atoms with Gasteiger partial charge in [0.2, 0.25) is 0 Å². The van der Waals surface area contributed by atoms with E-state index >= 15 is 0 Å². The first-order valence-corrected chi connectivity index (χ1v) is 12.8. The van der Waals surface area contributed by atoms with E-state index in [-0.39, 0.29) is 28.7 Å². The Kier molecular flexibility index (Phi) is 5.51. The summed E-state index contributed by atoms with van der Waals surface area (Å²) in [6.45, 7) is 7.69. The van der Waals surface area contributed by atoms with Gasteiger partial charge < -0.3 is 25.2 Å². The lowest BCUT2D eigenvalue weighted by atomic mass is 9.58. The molecule has 2 bridgehead atoms. The fraction of sp³-hybridized carbons (Fsp3) is 0.593. The van der Waals surface area contributed by atoms with Crippen molar-refractivity contribution >= 4 is 21.9 Å². The molecule has 0 heterocycles. The second-order valence-corrected chi connectivity index (χ2v) is 12.2. The first-order valence-electron chi connectivity index (χ1n) is 12.0. The minimum absolute atomic E-state index is 0.0226. The van der Waals surface area contributed by atoms with Gasteiger partial charge in [-0.05, 0) is 75.7 Å². The molecule has 0 aromatic heterocycles. The number of carbonyl (C=O) groups is 1. The number of esters is 1. The third-order valence-electron chi connectivity index (χ3n) is 9.48. The molecule has 0 aliphatic heterocycles. The van der Waals surface area contributed by atoms with Crippen LogP contribution in [0.2, 0.25) is 0 Å². The van der Waals surface area contributed by atoms with E-state index in [2.05, 4.69) is 29.8 Å². The first kappa shape index (κ1) is 24.2. The molecule has 5 rings (SSSR count). The van der Waals surface area contributed by atoms with Crippen molar-refractivity contribution < 1.29 is 30.0 Å². The lowest BCUT2D eigenvalue weighted by Crippen LogP contribution is -2.66. The summed E-state index contributed by atoms with van der Waals surface area (Å²) in [6, 6.07) is 6.86. The van der Waals surface area contributed by atoms with Crippen LogP contribution in [0, 0.1) is 34.5 Å². The second kappa shape index (κ2) is 7.74. The van der Waals surface area contributed by atoms with Crippen molar-refractivity contribution in [3.63, 3.8) is 0 Å². The Hall–Kier alpha value is -1.51. The highest BCUT2D eigenvalue weighted by Gasteiger charge is 2.76. The molecule has 7 heteroatoms. The normalized spacial score (nSPS) is 44.1. The Balaban J connectivity index is 1.64. The number of halogens is 1. The van der Waals surface area contributed by atoms with E-state index in [0.717, 1.165) is 6.42 Å². The number of fused-ring (bicyclic) bond motifs is 3. The summed E-state index contributed by atoms with van der Waals surface area (Å²) in [6.07, 6.45) is 0.678. The SMILES string of the molecule is CC1=CC23C(O)[C@@H](C=C(CO)[C@@H](O)[C@]2(O)[C@H]1OC(=O)c1ccccc1Br)[C@H]1[C@@H](C[C@H]3C)C1(C)C. The van der Waals surface area contributed by atoms with Crippen LogP contribution in [0.5, 0.6) is 0 Å². The van der Waals surface area contributed by atoms with Crippen LogP contribution >= 0.6 is 15.9 Å². The number of rotatable bonds is 3. The molecule has 2 saturated carbocycles. The van der Waals surface area contributed by atoms with Crippen molar-refractivity contribution in [2.24, 2.45) is 34.5 Å². The number of benzene rings is 1. The van der Waals surface area contributed by atoms with Gasteiger partial charge in [-0.15, -0.1) is 0 Å². The monoisotopic (exact) mass is 532 g/mol. The summed E-state index contributed by atoms with van der Waals surface area (Å²) in [5.41, 5.74) is -2.10. The minimum Gasteiger partial charge on any atom is -0.451 e. The molecule has 4 N–H and O–H groups in total. The molecule has 2 fully saturated rings. The summed E-state index contributed by atoms with van der Waals surface area (Å²) in [7, 11) is 0. The highest BCUT2D eigenvalue weighted by Crippen LogP contribution is 2.72. The summed E-state index contributed by atoms with van der Waals surface area (Å²) >= 11 is 3.37. The summed E-state index contributed by atoms with van der Waals surface area (Å²) in [4.78, 5) is 13.2. The smallest absolute Gasteiger partial charge is 0.339 e.